The fourth-order valence-electron chi connectivity index (χ4n) is 7.97. The van der Waals surface area contributed by atoms with Crippen LogP contribution >= 0.6 is 0 Å². The molecule has 0 aliphatic rings. The second-order valence-corrected chi connectivity index (χ2v) is 13.8. The van der Waals surface area contributed by atoms with E-state index in [-0.39, 0.29) is 5.91 Å². The van der Waals surface area contributed by atoms with Crippen LogP contribution < -0.4 is 5.32 Å². The highest BCUT2D eigenvalue weighted by molar-refractivity contribution is 5.94. The van der Waals surface area contributed by atoms with Gasteiger partial charge in [-0.2, -0.15) is 0 Å². The lowest BCUT2D eigenvalue weighted by molar-refractivity contribution is 0.0958. The number of nitrogens with zero attached hydrogens (tertiary/aromatic N) is 8. The average molecular weight is 726 g/mol. The van der Waals surface area contributed by atoms with Gasteiger partial charge in [-0.05, 0) is 76.7 Å². The van der Waals surface area contributed by atoms with E-state index >= 15 is 0 Å². The Morgan fingerprint density at radius 2 is 1.35 bits per heavy atom. The molecular formula is C45H43N9O. The molecule has 0 aliphatic heterocycles. The first-order valence-electron chi connectivity index (χ1n) is 18.7. The number of tetrazole rings is 1. The molecule has 0 radical (unpaired) electrons. The molecule has 4 aromatic carbocycles. The van der Waals surface area contributed by atoms with Crippen LogP contribution in [-0.4, -0.2) is 52.3 Å². The summed E-state index contributed by atoms with van der Waals surface area (Å²) in [5, 5.41) is 16.7. The number of hydrogen-bond acceptors (Lipinski definition) is 6. The molecule has 8 aromatic rings. The highest BCUT2D eigenvalue weighted by Gasteiger charge is 2.42. The van der Waals surface area contributed by atoms with Crippen molar-refractivity contribution >= 4 is 17.1 Å². The number of carbonyl (C=O) groups is 1. The van der Waals surface area contributed by atoms with Crippen molar-refractivity contribution < 1.29 is 4.79 Å². The third-order valence-electron chi connectivity index (χ3n) is 10.5. The summed E-state index contributed by atoms with van der Waals surface area (Å²) < 4.78 is 6.45. The van der Waals surface area contributed by atoms with Gasteiger partial charge in [0.05, 0.1) is 12.2 Å². The molecule has 0 atom stereocenters. The highest BCUT2D eigenvalue weighted by Crippen LogP contribution is 2.44. The molecule has 10 nitrogen and oxygen atoms in total. The van der Waals surface area contributed by atoms with Crippen molar-refractivity contribution in [1.29, 1.82) is 0 Å². The maximum Gasteiger partial charge on any atom is 0.269 e. The van der Waals surface area contributed by atoms with E-state index in [0.717, 1.165) is 74.6 Å². The van der Waals surface area contributed by atoms with Gasteiger partial charge in [0.25, 0.3) is 5.91 Å². The normalized spacial score (nSPS) is 11.7. The molecule has 0 saturated carbocycles. The summed E-state index contributed by atoms with van der Waals surface area (Å²) in [7, 11) is 1.62. The third kappa shape index (κ3) is 6.00. The number of nitrogens with one attached hydrogen (secondary N) is 1. The number of pyridine rings is 1. The van der Waals surface area contributed by atoms with Gasteiger partial charge in [-0.3, -0.25) is 4.79 Å². The fraction of sp³-hybridized carbons (Fsp3) is 0.200. The fourth-order valence-corrected chi connectivity index (χ4v) is 7.97. The van der Waals surface area contributed by atoms with Crippen molar-refractivity contribution in [2.75, 3.05) is 7.05 Å². The predicted octanol–water partition coefficient (Wildman–Crippen LogP) is 8.00. The van der Waals surface area contributed by atoms with Crippen LogP contribution in [0.25, 0.3) is 33.8 Å². The Labute approximate surface area is 320 Å². The van der Waals surface area contributed by atoms with Gasteiger partial charge in [0.2, 0.25) is 0 Å². The molecule has 274 valence electrons. The van der Waals surface area contributed by atoms with E-state index in [1.165, 1.54) is 0 Å². The first-order valence-corrected chi connectivity index (χ1v) is 18.7. The minimum atomic E-state index is -0.874. The zero-order valence-electron chi connectivity index (χ0n) is 31.7. The largest absolute Gasteiger partial charge is 0.354 e. The molecule has 0 spiro atoms. The summed E-state index contributed by atoms with van der Waals surface area (Å²) in [5.41, 5.74) is 10.3. The molecule has 0 aliphatic carbocycles. The van der Waals surface area contributed by atoms with Crippen molar-refractivity contribution in [2.45, 2.75) is 52.7 Å². The average Bonchev–Trinajstić information content (AvgIpc) is 3.95. The van der Waals surface area contributed by atoms with Gasteiger partial charge in [0, 0.05) is 31.3 Å². The lowest BCUT2D eigenvalue weighted by Crippen LogP contribution is -2.39. The maximum atomic E-state index is 12.6. The Kier molecular flexibility index (Phi) is 9.40. The summed E-state index contributed by atoms with van der Waals surface area (Å²) in [4.78, 5) is 22.2. The molecule has 4 aromatic heterocycles. The Morgan fingerprint density at radius 3 is 1.89 bits per heavy atom. The van der Waals surface area contributed by atoms with Crippen molar-refractivity contribution in [3.8, 4) is 22.6 Å². The van der Waals surface area contributed by atoms with E-state index in [1.54, 1.807) is 13.1 Å². The zero-order chi connectivity index (χ0) is 38.1. The van der Waals surface area contributed by atoms with Crippen LogP contribution in [0.15, 0.2) is 127 Å². The number of aromatic nitrogens is 8. The Morgan fingerprint density at radius 1 is 0.745 bits per heavy atom. The van der Waals surface area contributed by atoms with Gasteiger partial charge in [-0.1, -0.05) is 122 Å². The predicted molar refractivity (Wildman–Crippen MR) is 216 cm³/mol. The van der Waals surface area contributed by atoms with Gasteiger partial charge in [-0.15, -0.1) is 5.10 Å². The molecule has 0 unspecified atom stereocenters. The number of carbonyl (C=O) groups excluding carboxylic acids is 1. The molecule has 0 saturated heterocycles. The van der Waals surface area contributed by atoms with Crippen LogP contribution in [0.1, 0.15) is 63.7 Å². The van der Waals surface area contributed by atoms with Crippen LogP contribution in [0.4, 0.5) is 0 Å². The minimum Gasteiger partial charge on any atom is -0.354 e. The maximum absolute atomic E-state index is 12.6. The van der Waals surface area contributed by atoms with Gasteiger partial charge < -0.3 is 14.5 Å². The van der Waals surface area contributed by atoms with E-state index in [0.29, 0.717) is 23.7 Å². The van der Waals surface area contributed by atoms with E-state index in [9.17, 15) is 4.79 Å². The van der Waals surface area contributed by atoms with Crippen LogP contribution in [0.5, 0.6) is 0 Å². The van der Waals surface area contributed by atoms with Crippen molar-refractivity contribution in [3.63, 3.8) is 0 Å². The summed E-state index contributed by atoms with van der Waals surface area (Å²) in [6, 6.07) is 44.1. The molecular weight excluding hydrogens is 683 g/mol. The Bertz CT molecular complexity index is 2510. The number of rotatable bonds is 11. The van der Waals surface area contributed by atoms with Crippen molar-refractivity contribution in [1.82, 2.24) is 44.6 Å². The number of fused-ring (bicyclic) bond motifs is 1. The summed E-state index contributed by atoms with van der Waals surface area (Å²) in [6.45, 7) is 9.70. The second-order valence-electron chi connectivity index (χ2n) is 13.8. The SMILES string of the molecule is CCc1nc2c(C)cc(C(=O)NC)nc2n1Cc1ccc(-c2c(-c3nnnn3C(c3ccccc3)(c3ccccc3)c3ccccc3)cc(C)n2CC)cc1. The van der Waals surface area contributed by atoms with Crippen molar-refractivity contribution in [3.05, 3.63) is 172 Å². The Balaban J connectivity index is 1.26. The summed E-state index contributed by atoms with van der Waals surface area (Å²) >= 11 is 0. The van der Waals surface area contributed by atoms with Gasteiger partial charge >= 0.3 is 0 Å². The van der Waals surface area contributed by atoms with Crippen LogP contribution in [0.2, 0.25) is 0 Å². The molecule has 1 N–H and O–H groups in total. The molecule has 8 rings (SSSR count). The number of aryl methyl sites for hydroxylation is 3. The van der Waals surface area contributed by atoms with Crippen LogP contribution in [-0.2, 0) is 25.0 Å². The quantitative estimate of drug-likeness (QED) is 0.136. The second kappa shape index (κ2) is 14.6. The number of hydrogen-bond donors (Lipinski definition) is 1. The molecule has 0 fully saturated rings. The summed E-state index contributed by atoms with van der Waals surface area (Å²) in [5.74, 6) is 1.37. The first-order chi connectivity index (χ1) is 26.9. The van der Waals surface area contributed by atoms with E-state index in [2.05, 4.69) is 144 Å². The molecule has 4 heterocycles. The smallest absolute Gasteiger partial charge is 0.269 e. The monoisotopic (exact) mass is 725 g/mol. The van der Waals surface area contributed by atoms with Crippen LogP contribution in [0.3, 0.4) is 0 Å². The lowest BCUT2D eigenvalue weighted by atomic mass is 9.77. The van der Waals surface area contributed by atoms with Gasteiger partial charge in [0.1, 0.15) is 22.6 Å². The third-order valence-corrected chi connectivity index (χ3v) is 10.5. The van der Waals surface area contributed by atoms with Crippen molar-refractivity contribution in [2.24, 2.45) is 0 Å². The molecule has 1 amide bonds. The molecule has 10 heteroatoms. The lowest BCUT2D eigenvalue weighted by Gasteiger charge is -2.36. The van der Waals surface area contributed by atoms with E-state index < -0.39 is 5.54 Å². The van der Waals surface area contributed by atoms with E-state index in [4.69, 9.17) is 20.3 Å². The van der Waals surface area contributed by atoms with E-state index in [1.807, 2.05) is 29.8 Å². The standard InChI is InChI=1S/C45H43N9O/c1-6-39-48-40-30(3)27-38(44(55)46-5)47-43(40)53(39)29-32-23-25-33(26-24-32)41-37(28-31(4)52(41)7-2)42-49-50-51-54(42)45(34-17-11-8-12-18-34,35-19-13-9-14-20-35)36-21-15-10-16-22-36/h8-28H,6-7,29H2,1-5H3,(H,46,55). The molecule has 0 bridgehead atoms. The number of amides is 1. The van der Waals surface area contributed by atoms with Crippen LogP contribution in [0, 0.1) is 13.8 Å². The first kappa shape index (κ1) is 35.4. The zero-order valence-corrected chi connectivity index (χ0v) is 31.7. The summed E-state index contributed by atoms with van der Waals surface area (Å²) in [6.07, 6.45) is 0.737. The topological polar surface area (TPSA) is 108 Å². The highest BCUT2D eigenvalue weighted by atomic mass is 16.1. The minimum absolute atomic E-state index is 0.218. The van der Waals surface area contributed by atoms with Gasteiger partial charge in [-0.25, -0.2) is 14.6 Å². The Hall–Kier alpha value is -6.68. The number of benzene rings is 4. The number of imidazole rings is 1. The molecule has 55 heavy (non-hydrogen) atoms. The van der Waals surface area contributed by atoms with Gasteiger partial charge in [0.15, 0.2) is 11.5 Å².